The average molecular weight is 993 g/mol. The van der Waals surface area contributed by atoms with Crippen LogP contribution >= 0.6 is 7.82 Å². The summed E-state index contributed by atoms with van der Waals surface area (Å²) in [6, 6.07) is 0. The van der Waals surface area contributed by atoms with Crippen LogP contribution in [-0.2, 0) is 32.7 Å². The number of carbonyl (C=O) groups is 2. The van der Waals surface area contributed by atoms with E-state index < -0.39 is 75.7 Å². The van der Waals surface area contributed by atoms with E-state index in [1.165, 1.54) is 199 Å². The smallest absolute Gasteiger partial charge is 0.462 e. The van der Waals surface area contributed by atoms with Gasteiger partial charge in [0, 0.05) is 12.8 Å². The molecule has 14 heteroatoms. The molecule has 0 spiro atoms. The van der Waals surface area contributed by atoms with Crippen molar-refractivity contribution in [3.63, 3.8) is 0 Å². The van der Waals surface area contributed by atoms with Crippen molar-refractivity contribution in [2.75, 3.05) is 13.2 Å². The Morgan fingerprint density at radius 3 is 0.971 bits per heavy atom. The van der Waals surface area contributed by atoms with Gasteiger partial charge >= 0.3 is 19.8 Å². The Balaban J connectivity index is 2.33. The molecule has 1 fully saturated rings. The second-order valence-corrected chi connectivity index (χ2v) is 21.6. The molecule has 8 atom stereocenters. The zero-order chi connectivity index (χ0) is 49.9. The highest BCUT2D eigenvalue weighted by atomic mass is 31.2. The summed E-state index contributed by atoms with van der Waals surface area (Å²) >= 11 is 0. The SMILES string of the molecule is CCCCCCCCCCCCCCCCCCCCCCC(=O)OC[C@@H](COP(=O)(O)OC1C(O)C(O)C(O)[C@H](O)C1O)OC(=O)CCCCCCCCCCCCCCCCCCCCC. The average Bonchev–Trinajstić information content (AvgIpc) is 3.32. The predicted octanol–water partition coefficient (Wildman–Crippen LogP) is 12.8. The van der Waals surface area contributed by atoms with Crippen LogP contribution in [0.25, 0.3) is 0 Å². The zero-order valence-electron chi connectivity index (χ0n) is 43.4. The van der Waals surface area contributed by atoms with Crippen LogP contribution < -0.4 is 0 Å². The first-order valence-electron chi connectivity index (χ1n) is 28.3. The van der Waals surface area contributed by atoms with Gasteiger partial charge in [0.15, 0.2) is 6.10 Å². The number of phosphoric acid groups is 1. The quantitative estimate of drug-likeness (QED) is 0.0191. The van der Waals surface area contributed by atoms with Gasteiger partial charge in [-0.1, -0.05) is 251 Å². The van der Waals surface area contributed by atoms with Crippen LogP contribution in [0.5, 0.6) is 0 Å². The lowest BCUT2D eigenvalue weighted by molar-refractivity contribution is -0.220. The van der Waals surface area contributed by atoms with Crippen molar-refractivity contribution in [3.05, 3.63) is 0 Å². The Bertz CT molecular complexity index is 1190. The van der Waals surface area contributed by atoms with Crippen molar-refractivity contribution >= 4 is 19.8 Å². The van der Waals surface area contributed by atoms with Crippen LogP contribution in [-0.4, -0.2) is 98.3 Å². The fraction of sp³-hybridized carbons (Fsp3) is 0.963. The number of aliphatic hydroxyl groups excluding tert-OH is 5. The number of carbonyl (C=O) groups excluding carboxylic acids is 2. The Morgan fingerprint density at radius 2 is 0.662 bits per heavy atom. The number of aliphatic hydroxyl groups is 5. The van der Waals surface area contributed by atoms with Crippen molar-refractivity contribution in [2.45, 2.75) is 320 Å². The fourth-order valence-corrected chi connectivity index (χ4v) is 10.1. The Hall–Kier alpha value is -1.15. The molecule has 0 radical (unpaired) electrons. The minimum absolute atomic E-state index is 0.106. The van der Waals surface area contributed by atoms with Gasteiger partial charge in [-0.05, 0) is 12.8 Å². The molecule has 1 aliphatic rings. The van der Waals surface area contributed by atoms with Crippen molar-refractivity contribution in [3.8, 4) is 0 Å². The van der Waals surface area contributed by atoms with Crippen LogP contribution in [0.4, 0.5) is 0 Å². The predicted molar refractivity (Wildman–Crippen MR) is 272 cm³/mol. The van der Waals surface area contributed by atoms with Gasteiger partial charge in [-0.15, -0.1) is 0 Å². The van der Waals surface area contributed by atoms with Crippen molar-refractivity contribution < 1.29 is 63.1 Å². The third-order valence-corrected chi connectivity index (χ3v) is 14.7. The highest BCUT2D eigenvalue weighted by Crippen LogP contribution is 2.47. The standard InChI is InChI=1S/C54H105O13P/c1-3-5-7-9-11-13-15-17-19-21-23-25-26-28-30-32-34-36-38-40-42-47(55)64-44-46(45-65-68(62,63)67-54-52(60)50(58)49(57)51(59)53(54)61)66-48(56)43-41-39-37-35-33-31-29-27-24-22-20-18-16-14-12-10-8-6-4-2/h46,49-54,57-61H,3-45H2,1-2H3,(H,62,63)/t46-,49?,50-,51?,52?,53?,54?/m0/s1. The molecule has 6 N–H and O–H groups in total. The molecule has 1 saturated carbocycles. The second-order valence-electron chi connectivity index (χ2n) is 20.2. The summed E-state index contributed by atoms with van der Waals surface area (Å²) in [4.78, 5) is 35.9. The van der Waals surface area contributed by atoms with Crippen molar-refractivity contribution in [2.24, 2.45) is 0 Å². The molecule has 0 aromatic heterocycles. The van der Waals surface area contributed by atoms with E-state index in [9.17, 15) is 44.6 Å². The maximum atomic E-state index is 12.9. The van der Waals surface area contributed by atoms with E-state index in [-0.39, 0.29) is 12.8 Å². The molecule has 0 amide bonds. The summed E-state index contributed by atoms with van der Waals surface area (Å²) < 4.78 is 33.7. The van der Waals surface area contributed by atoms with E-state index in [4.69, 9.17) is 18.5 Å². The normalized spacial score (nSPS) is 20.9. The van der Waals surface area contributed by atoms with Gasteiger partial charge in [-0.25, -0.2) is 4.57 Å². The summed E-state index contributed by atoms with van der Waals surface area (Å²) in [7, 11) is -5.12. The molecular formula is C54H105O13P. The lowest BCUT2D eigenvalue weighted by atomic mass is 9.85. The largest absolute Gasteiger partial charge is 0.472 e. The molecule has 6 unspecified atom stereocenters. The molecule has 0 aromatic rings. The van der Waals surface area contributed by atoms with Gasteiger partial charge in [0.2, 0.25) is 0 Å². The summed E-state index contributed by atoms with van der Waals surface area (Å²) in [6.45, 7) is 3.37. The van der Waals surface area contributed by atoms with Gasteiger partial charge in [0.1, 0.15) is 43.2 Å². The summed E-state index contributed by atoms with van der Waals surface area (Å²) in [5.41, 5.74) is 0. The van der Waals surface area contributed by atoms with Gasteiger partial charge in [0.05, 0.1) is 6.61 Å². The van der Waals surface area contributed by atoms with Crippen LogP contribution in [0.1, 0.15) is 277 Å². The molecule has 1 aliphatic carbocycles. The fourth-order valence-electron chi connectivity index (χ4n) is 9.17. The van der Waals surface area contributed by atoms with Crippen LogP contribution in [0.2, 0.25) is 0 Å². The first kappa shape index (κ1) is 64.9. The molecular weight excluding hydrogens is 888 g/mol. The van der Waals surface area contributed by atoms with E-state index in [1.807, 2.05) is 0 Å². The summed E-state index contributed by atoms with van der Waals surface area (Å²) in [6.07, 6.45) is 35.8. The van der Waals surface area contributed by atoms with E-state index in [2.05, 4.69) is 13.8 Å². The monoisotopic (exact) mass is 993 g/mol. The zero-order valence-corrected chi connectivity index (χ0v) is 44.3. The number of hydrogen-bond donors (Lipinski definition) is 6. The van der Waals surface area contributed by atoms with Crippen LogP contribution in [0.15, 0.2) is 0 Å². The minimum atomic E-state index is -5.12. The molecule has 13 nitrogen and oxygen atoms in total. The number of phosphoric ester groups is 1. The third-order valence-electron chi connectivity index (χ3n) is 13.7. The molecule has 0 bridgehead atoms. The maximum absolute atomic E-state index is 12.9. The molecule has 404 valence electrons. The highest BCUT2D eigenvalue weighted by Gasteiger charge is 2.51. The Morgan fingerprint density at radius 1 is 0.397 bits per heavy atom. The van der Waals surface area contributed by atoms with Crippen molar-refractivity contribution in [1.82, 2.24) is 0 Å². The first-order valence-corrected chi connectivity index (χ1v) is 29.8. The van der Waals surface area contributed by atoms with Crippen LogP contribution in [0.3, 0.4) is 0 Å². The van der Waals surface area contributed by atoms with E-state index in [0.29, 0.717) is 12.8 Å². The van der Waals surface area contributed by atoms with E-state index in [0.717, 1.165) is 38.5 Å². The molecule has 0 saturated heterocycles. The van der Waals surface area contributed by atoms with E-state index in [1.54, 1.807) is 0 Å². The van der Waals surface area contributed by atoms with E-state index >= 15 is 0 Å². The lowest BCUT2D eigenvalue weighted by Crippen LogP contribution is -2.64. The molecule has 0 aliphatic heterocycles. The number of rotatable bonds is 49. The highest BCUT2D eigenvalue weighted by molar-refractivity contribution is 7.47. The van der Waals surface area contributed by atoms with Crippen molar-refractivity contribution in [1.29, 1.82) is 0 Å². The number of hydrogen-bond acceptors (Lipinski definition) is 12. The Labute approximate surface area is 414 Å². The molecule has 0 heterocycles. The maximum Gasteiger partial charge on any atom is 0.472 e. The first-order chi connectivity index (χ1) is 32.9. The number of unbranched alkanes of at least 4 members (excludes halogenated alkanes) is 37. The molecule has 0 aromatic carbocycles. The van der Waals surface area contributed by atoms with Gasteiger partial charge in [0.25, 0.3) is 0 Å². The van der Waals surface area contributed by atoms with Gasteiger partial charge in [-0.3, -0.25) is 18.6 Å². The Kier molecular flexibility index (Phi) is 42.5. The molecule has 68 heavy (non-hydrogen) atoms. The second kappa shape index (κ2) is 44.5. The lowest BCUT2D eigenvalue weighted by Gasteiger charge is -2.41. The number of esters is 2. The molecule has 1 rings (SSSR count). The topological polar surface area (TPSA) is 210 Å². The van der Waals surface area contributed by atoms with Crippen LogP contribution in [0, 0.1) is 0 Å². The minimum Gasteiger partial charge on any atom is -0.462 e. The summed E-state index contributed by atoms with van der Waals surface area (Å²) in [5, 5.41) is 50.3. The van der Waals surface area contributed by atoms with Gasteiger partial charge < -0.3 is 39.9 Å². The summed E-state index contributed by atoms with van der Waals surface area (Å²) in [5.74, 6) is -1.08. The third kappa shape index (κ3) is 35.9. The number of ether oxygens (including phenoxy) is 2. The van der Waals surface area contributed by atoms with Gasteiger partial charge in [-0.2, -0.15) is 0 Å².